The molecule has 6 heteroatoms. The number of carboxylic acids is 1. The summed E-state index contributed by atoms with van der Waals surface area (Å²) in [5.41, 5.74) is 0.0711. The fraction of sp³-hybridized carbons (Fsp3) is 0. The predicted octanol–water partition coefficient (Wildman–Crippen LogP) is 2.26. The zero-order valence-corrected chi connectivity index (χ0v) is 9.46. The minimum absolute atomic E-state index is 0.0711. The van der Waals surface area contributed by atoms with Gasteiger partial charge in [0.2, 0.25) is 0 Å². The molecule has 1 heterocycles. The van der Waals surface area contributed by atoms with E-state index in [1.54, 1.807) is 18.2 Å². The molecule has 86 valence electrons. The third kappa shape index (κ3) is 2.54. The molecule has 0 aliphatic carbocycles. The van der Waals surface area contributed by atoms with Crippen molar-refractivity contribution in [1.29, 1.82) is 0 Å². The van der Waals surface area contributed by atoms with E-state index in [1.807, 2.05) is 0 Å². The van der Waals surface area contributed by atoms with E-state index in [-0.39, 0.29) is 16.5 Å². The largest absolute Gasteiger partial charge is 0.478 e. The second kappa shape index (κ2) is 4.84. The standard InChI is InChI=1S/C11H8N2O3S/c14-10(15)7-3-1-4-8(9(7)17)16-11-12-5-2-6-13-11/h1-6,17H,(H,14,15). The summed E-state index contributed by atoms with van der Waals surface area (Å²) in [6.45, 7) is 0. The molecule has 1 aromatic heterocycles. The molecular weight excluding hydrogens is 240 g/mol. The maximum absolute atomic E-state index is 10.9. The minimum atomic E-state index is -1.06. The number of aromatic carboxylic acids is 1. The van der Waals surface area contributed by atoms with Gasteiger partial charge in [0.05, 0.1) is 10.5 Å². The molecule has 0 saturated carbocycles. The van der Waals surface area contributed by atoms with Gasteiger partial charge in [-0.2, -0.15) is 0 Å². The molecule has 0 saturated heterocycles. The number of thiol groups is 1. The zero-order valence-electron chi connectivity index (χ0n) is 8.57. The van der Waals surface area contributed by atoms with Crippen molar-refractivity contribution in [2.24, 2.45) is 0 Å². The van der Waals surface area contributed by atoms with Crippen molar-refractivity contribution < 1.29 is 14.6 Å². The average molecular weight is 248 g/mol. The highest BCUT2D eigenvalue weighted by Crippen LogP contribution is 2.28. The van der Waals surface area contributed by atoms with Crippen LogP contribution >= 0.6 is 12.6 Å². The first-order valence-electron chi connectivity index (χ1n) is 4.68. The van der Waals surface area contributed by atoms with Crippen LogP contribution in [0.4, 0.5) is 0 Å². The molecule has 0 spiro atoms. The second-order valence-corrected chi connectivity index (χ2v) is 3.54. The quantitative estimate of drug-likeness (QED) is 0.815. The smallest absolute Gasteiger partial charge is 0.336 e. The summed E-state index contributed by atoms with van der Waals surface area (Å²) in [7, 11) is 0. The maximum Gasteiger partial charge on any atom is 0.336 e. The Kier molecular flexibility index (Phi) is 3.24. The second-order valence-electron chi connectivity index (χ2n) is 3.09. The van der Waals surface area contributed by atoms with E-state index in [9.17, 15) is 4.79 Å². The van der Waals surface area contributed by atoms with Gasteiger partial charge in [-0.15, -0.1) is 12.6 Å². The van der Waals surface area contributed by atoms with Crippen LogP contribution in [-0.2, 0) is 0 Å². The Morgan fingerprint density at radius 3 is 2.59 bits per heavy atom. The third-order valence-corrected chi connectivity index (χ3v) is 2.43. The fourth-order valence-electron chi connectivity index (χ4n) is 1.21. The lowest BCUT2D eigenvalue weighted by atomic mass is 10.2. The Hall–Kier alpha value is -2.08. The van der Waals surface area contributed by atoms with E-state index in [2.05, 4.69) is 22.6 Å². The first-order chi connectivity index (χ1) is 8.18. The zero-order chi connectivity index (χ0) is 12.3. The minimum Gasteiger partial charge on any atom is -0.478 e. The van der Waals surface area contributed by atoms with E-state index in [4.69, 9.17) is 9.84 Å². The number of aromatic nitrogens is 2. The van der Waals surface area contributed by atoms with Gasteiger partial charge in [-0.3, -0.25) is 0 Å². The molecule has 0 atom stereocenters. The number of ether oxygens (including phenoxy) is 1. The van der Waals surface area contributed by atoms with E-state index in [1.165, 1.54) is 18.5 Å². The van der Waals surface area contributed by atoms with Crippen LogP contribution in [0.2, 0.25) is 0 Å². The van der Waals surface area contributed by atoms with Crippen LogP contribution in [0.25, 0.3) is 0 Å². The van der Waals surface area contributed by atoms with Crippen LogP contribution in [0.3, 0.4) is 0 Å². The van der Waals surface area contributed by atoms with Gasteiger partial charge in [0.15, 0.2) is 0 Å². The number of nitrogens with zero attached hydrogens (tertiary/aromatic N) is 2. The summed E-state index contributed by atoms with van der Waals surface area (Å²) in [6.07, 6.45) is 3.06. The molecule has 0 amide bonds. The molecule has 5 nitrogen and oxygen atoms in total. The lowest BCUT2D eigenvalue weighted by Gasteiger charge is -2.07. The van der Waals surface area contributed by atoms with Gasteiger partial charge < -0.3 is 9.84 Å². The first-order valence-corrected chi connectivity index (χ1v) is 5.13. The first kappa shape index (κ1) is 11.4. The van der Waals surface area contributed by atoms with E-state index >= 15 is 0 Å². The molecule has 2 rings (SSSR count). The average Bonchev–Trinajstić information content (AvgIpc) is 2.33. The Bertz CT molecular complexity index is 546. The SMILES string of the molecule is O=C(O)c1cccc(Oc2ncccn2)c1S. The van der Waals surface area contributed by atoms with Crippen LogP contribution < -0.4 is 4.74 Å². The van der Waals surface area contributed by atoms with Crippen molar-refractivity contribution in [2.75, 3.05) is 0 Å². The summed E-state index contributed by atoms with van der Waals surface area (Å²) in [5, 5.41) is 8.92. The number of rotatable bonds is 3. The number of hydrogen-bond acceptors (Lipinski definition) is 5. The van der Waals surface area contributed by atoms with Crippen LogP contribution in [0.15, 0.2) is 41.6 Å². The van der Waals surface area contributed by atoms with Crippen LogP contribution in [0, 0.1) is 0 Å². The van der Waals surface area contributed by atoms with Gasteiger partial charge in [0.1, 0.15) is 5.75 Å². The monoisotopic (exact) mass is 248 g/mol. The summed E-state index contributed by atoms with van der Waals surface area (Å²) >= 11 is 4.12. The summed E-state index contributed by atoms with van der Waals surface area (Å²) in [4.78, 5) is 18.9. The summed E-state index contributed by atoms with van der Waals surface area (Å²) in [6, 6.07) is 6.42. The van der Waals surface area contributed by atoms with Crippen molar-refractivity contribution in [3.63, 3.8) is 0 Å². The molecule has 0 fully saturated rings. The summed E-state index contributed by atoms with van der Waals surface area (Å²) in [5.74, 6) is -0.756. The molecule has 0 aliphatic heterocycles. The molecular formula is C11H8N2O3S. The predicted molar refractivity (Wildman–Crippen MR) is 62.8 cm³/mol. The van der Waals surface area contributed by atoms with E-state index < -0.39 is 5.97 Å². The Morgan fingerprint density at radius 1 is 1.24 bits per heavy atom. The molecule has 1 N–H and O–H groups in total. The van der Waals surface area contributed by atoms with Gasteiger partial charge >= 0.3 is 12.0 Å². The molecule has 1 aromatic carbocycles. The van der Waals surface area contributed by atoms with Crippen molar-refractivity contribution in [3.8, 4) is 11.8 Å². The normalized spacial score (nSPS) is 9.94. The third-order valence-electron chi connectivity index (χ3n) is 1.97. The van der Waals surface area contributed by atoms with Crippen molar-refractivity contribution in [3.05, 3.63) is 42.2 Å². The van der Waals surface area contributed by atoms with Gasteiger partial charge in [0, 0.05) is 12.4 Å². The van der Waals surface area contributed by atoms with Crippen LogP contribution in [0.1, 0.15) is 10.4 Å². The van der Waals surface area contributed by atoms with Crippen molar-refractivity contribution in [1.82, 2.24) is 9.97 Å². The number of carbonyl (C=O) groups is 1. The fourth-order valence-corrected chi connectivity index (χ4v) is 1.50. The summed E-state index contributed by atoms with van der Waals surface area (Å²) < 4.78 is 5.34. The highest BCUT2D eigenvalue weighted by molar-refractivity contribution is 7.80. The Balaban J connectivity index is 2.34. The van der Waals surface area contributed by atoms with Crippen LogP contribution in [0.5, 0.6) is 11.8 Å². The maximum atomic E-state index is 10.9. The number of benzene rings is 1. The Labute approximate surface area is 103 Å². The lowest BCUT2D eigenvalue weighted by Crippen LogP contribution is -1.99. The number of carboxylic acid groups (broad SMARTS) is 1. The lowest BCUT2D eigenvalue weighted by molar-refractivity contribution is 0.0692. The van der Waals surface area contributed by atoms with Crippen LogP contribution in [-0.4, -0.2) is 21.0 Å². The molecule has 0 aliphatic rings. The van der Waals surface area contributed by atoms with Gasteiger partial charge in [-0.25, -0.2) is 14.8 Å². The highest BCUT2D eigenvalue weighted by Gasteiger charge is 2.12. The number of hydrogen-bond donors (Lipinski definition) is 2. The molecule has 2 aromatic rings. The Morgan fingerprint density at radius 2 is 1.94 bits per heavy atom. The van der Waals surface area contributed by atoms with Gasteiger partial charge in [-0.1, -0.05) is 6.07 Å². The highest BCUT2D eigenvalue weighted by atomic mass is 32.1. The van der Waals surface area contributed by atoms with E-state index in [0.717, 1.165) is 0 Å². The van der Waals surface area contributed by atoms with Gasteiger partial charge in [0.25, 0.3) is 0 Å². The molecule has 17 heavy (non-hydrogen) atoms. The van der Waals surface area contributed by atoms with E-state index in [0.29, 0.717) is 5.75 Å². The van der Waals surface area contributed by atoms with Crippen molar-refractivity contribution in [2.45, 2.75) is 4.90 Å². The topological polar surface area (TPSA) is 72.3 Å². The van der Waals surface area contributed by atoms with Gasteiger partial charge in [-0.05, 0) is 18.2 Å². The van der Waals surface area contributed by atoms with Crippen molar-refractivity contribution >= 4 is 18.6 Å². The molecule has 0 unspecified atom stereocenters. The molecule has 0 radical (unpaired) electrons. The molecule has 0 bridgehead atoms.